The lowest BCUT2D eigenvalue weighted by Crippen LogP contribution is -2.23. The van der Waals surface area contributed by atoms with Gasteiger partial charge in [0.05, 0.1) is 17.6 Å². The minimum Gasteiger partial charge on any atom is -0.386 e. The number of fused-ring (bicyclic) bond motifs is 1. The summed E-state index contributed by atoms with van der Waals surface area (Å²) in [6, 6.07) is 3.51. The maximum atomic E-state index is 12.3. The molecule has 2 aromatic rings. The van der Waals surface area contributed by atoms with E-state index in [4.69, 9.17) is 16.3 Å². The molecule has 0 aliphatic rings. The summed E-state index contributed by atoms with van der Waals surface area (Å²) < 4.78 is 8.31. The molecule has 0 radical (unpaired) electrons. The lowest BCUT2D eigenvalue weighted by atomic mass is 10.1. The van der Waals surface area contributed by atoms with E-state index in [9.17, 15) is 9.90 Å². The molecule has 0 bridgehead atoms. The molecule has 1 heterocycles. The molecule has 110 valence electrons. The molecule has 2 rings (SSSR count). The highest BCUT2D eigenvalue weighted by molar-refractivity contribution is 6.32. The summed E-state index contributed by atoms with van der Waals surface area (Å²) in [7, 11) is 1.52. The fourth-order valence-electron chi connectivity index (χ4n) is 2.47. The van der Waals surface area contributed by atoms with Crippen molar-refractivity contribution >= 4 is 22.6 Å². The molecule has 0 fully saturated rings. The first kappa shape index (κ1) is 15.1. The van der Waals surface area contributed by atoms with Gasteiger partial charge in [0.1, 0.15) is 6.10 Å². The summed E-state index contributed by atoms with van der Waals surface area (Å²) in [5, 5.41) is 10.5. The third kappa shape index (κ3) is 2.37. The van der Waals surface area contributed by atoms with Crippen LogP contribution in [0.1, 0.15) is 25.5 Å². The van der Waals surface area contributed by atoms with Crippen LogP contribution in [0.4, 0.5) is 0 Å². The van der Waals surface area contributed by atoms with Gasteiger partial charge in [-0.25, -0.2) is 4.79 Å². The second-order valence-electron chi connectivity index (χ2n) is 4.60. The van der Waals surface area contributed by atoms with Crippen molar-refractivity contribution in [2.75, 3.05) is 13.7 Å². The van der Waals surface area contributed by atoms with Gasteiger partial charge in [-0.05, 0) is 26.0 Å². The molecule has 1 N–H and O–H groups in total. The minimum atomic E-state index is -0.803. The van der Waals surface area contributed by atoms with Gasteiger partial charge in [0.25, 0.3) is 0 Å². The van der Waals surface area contributed by atoms with Crippen molar-refractivity contribution in [3.8, 4) is 0 Å². The lowest BCUT2D eigenvalue weighted by molar-refractivity contribution is 0.0645. The fourth-order valence-corrected chi connectivity index (χ4v) is 2.75. The largest absolute Gasteiger partial charge is 0.386 e. The number of methoxy groups -OCH3 is 1. The van der Waals surface area contributed by atoms with Crippen LogP contribution in [0, 0.1) is 0 Å². The molecule has 0 saturated heterocycles. The molecule has 1 atom stereocenters. The summed E-state index contributed by atoms with van der Waals surface area (Å²) >= 11 is 6.23. The lowest BCUT2D eigenvalue weighted by Gasteiger charge is -2.12. The van der Waals surface area contributed by atoms with Gasteiger partial charge in [0.15, 0.2) is 0 Å². The molecule has 0 aliphatic heterocycles. The first-order chi connectivity index (χ1) is 9.54. The smallest absolute Gasteiger partial charge is 0.329 e. The highest BCUT2D eigenvalue weighted by atomic mass is 35.5. The number of aliphatic hydroxyl groups excluding tert-OH is 1. The monoisotopic (exact) mass is 298 g/mol. The summed E-state index contributed by atoms with van der Waals surface area (Å²) in [6.45, 7) is 5.15. The van der Waals surface area contributed by atoms with Gasteiger partial charge in [-0.2, -0.15) is 0 Å². The number of rotatable bonds is 5. The standard InChI is InChI=1S/C14H19ClN2O3/c1-4-16-11-6-9(13(18)8-20-3)10(15)7-12(11)17(5-2)14(16)19/h6-7,13,18H,4-5,8H2,1-3H3. The number of halogens is 1. The fraction of sp³-hybridized carbons (Fsp3) is 0.500. The van der Waals surface area contributed by atoms with Gasteiger partial charge in [0.2, 0.25) is 0 Å². The Bertz CT molecular complexity index is 675. The number of aromatic nitrogens is 2. The van der Waals surface area contributed by atoms with Crippen LogP contribution in [0.25, 0.3) is 11.0 Å². The molecule has 1 aromatic carbocycles. The number of imidazole rings is 1. The number of nitrogens with zero attached hydrogens (tertiary/aromatic N) is 2. The van der Waals surface area contributed by atoms with Crippen LogP contribution in [0.15, 0.2) is 16.9 Å². The Morgan fingerprint density at radius 2 is 1.80 bits per heavy atom. The highest BCUT2D eigenvalue weighted by Gasteiger charge is 2.17. The van der Waals surface area contributed by atoms with E-state index in [1.807, 2.05) is 13.8 Å². The van der Waals surface area contributed by atoms with Crippen LogP contribution in [-0.4, -0.2) is 28.0 Å². The number of benzene rings is 1. The summed E-state index contributed by atoms with van der Waals surface area (Å²) in [5.74, 6) is 0. The van der Waals surface area contributed by atoms with Crippen LogP contribution in [-0.2, 0) is 17.8 Å². The predicted octanol–water partition coefficient (Wildman–Crippen LogP) is 2.18. The second-order valence-corrected chi connectivity index (χ2v) is 5.01. The molecule has 1 unspecified atom stereocenters. The van der Waals surface area contributed by atoms with Crippen molar-refractivity contribution < 1.29 is 9.84 Å². The molecule has 0 aliphatic carbocycles. The minimum absolute atomic E-state index is 0.0561. The first-order valence-electron chi connectivity index (χ1n) is 6.64. The zero-order valence-corrected chi connectivity index (χ0v) is 12.6. The van der Waals surface area contributed by atoms with E-state index >= 15 is 0 Å². The molecule has 20 heavy (non-hydrogen) atoms. The normalized spacial score (nSPS) is 13.1. The third-order valence-electron chi connectivity index (χ3n) is 3.45. The van der Waals surface area contributed by atoms with Crippen molar-refractivity contribution in [2.45, 2.75) is 33.0 Å². The zero-order valence-electron chi connectivity index (χ0n) is 11.9. The van der Waals surface area contributed by atoms with Gasteiger partial charge in [-0.3, -0.25) is 9.13 Å². The van der Waals surface area contributed by atoms with Crippen LogP contribution < -0.4 is 5.69 Å². The molecular formula is C14H19ClN2O3. The summed E-state index contributed by atoms with van der Waals surface area (Å²) in [6.07, 6.45) is -0.803. The predicted molar refractivity (Wildman–Crippen MR) is 79.4 cm³/mol. The highest BCUT2D eigenvalue weighted by Crippen LogP contribution is 2.28. The average Bonchev–Trinajstić information content (AvgIpc) is 2.68. The number of aliphatic hydroxyl groups is 1. The van der Waals surface area contributed by atoms with E-state index in [1.165, 1.54) is 7.11 Å². The molecule has 5 nitrogen and oxygen atoms in total. The van der Waals surface area contributed by atoms with E-state index in [2.05, 4.69) is 0 Å². The Kier molecular flexibility index (Phi) is 4.52. The Balaban J connectivity index is 2.72. The van der Waals surface area contributed by atoms with E-state index in [0.717, 1.165) is 11.0 Å². The van der Waals surface area contributed by atoms with E-state index in [0.29, 0.717) is 23.7 Å². The van der Waals surface area contributed by atoms with Crippen molar-refractivity contribution in [1.82, 2.24) is 9.13 Å². The SMILES string of the molecule is CCn1c(=O)n(CC)c2cc(C(O)COC)c(Cl)cc21. The van der Waals surface area contributed by atoms with Gasteiger partial charge in [0, 0.05) is 30.8 Å². The summed E-state index contributed by atoms with van der Waals surface area (Å²) in [4.78, 5) is 12.3. The number of aryl methyl sites for hydroxylation is 2. The van der Waals surface area contributed by atoms with Crippen LogP contribution in [0.3, 0.4) is 0 Å². The average molecular weight is 299 g/mol. The zero-order chi connectivity index (χ0) is 14.9. The number of ether oxygens (including phenoxy) is 1. The first-order valence-corrected chi connectivity index (χ1v) is 7.02. The molecule has 1 aromatic heterocycles. The van der Waals surface area contributed by atoms with Gasteiger partial charge < -0.3 is 9.84 Å². The van der Waals surface area contributed by atoms with Crippen LogP contribution in [0.5, 0.6) is 0 Å². The van der Waals surface area contributed by atoms with E-state index in [1.54, 1.807) is 21.3 Å². The van der Waals surface area contributed by atoms with Gasteiger partial charge in [-0.1, -0.05) is 11.6 Å². The molecule has 0 saturated carbocycles. The molecule has 0 spiro atoms. The van der Waals surface area contributed by atoms with E-state index in [-0.39, 0.29) is 12.3 Å². The van der Waals surface area contributed by atoms with Crippen molar-refractivity contribution in [1.29, 1.82) is 0 Å². The Morgan fingerprint density at radius 1 is 1.25 bits per heavy atom. The Hall–Kier alpha value is -1.30. The third-order valence-corrected chi connectivity index (χ3v) is 3.78. The van der Waals surface area contributed by atoms with Crippen molar-refractivity contribution in [2.24, 2.45) is 0 Å². The topological polar surface area (TPSA) is 56.4 Å². The van der Waals surface area contributed by atoms with Gasteiger partial charge in [-0.15, -0.1) is 0 Å². The molecule has 6 heteroatoms. The van der Waals surface area contributed by atoms with Crippen molar-refractivity contribution in [3.05, 3.63) is 33.2 Å². The Labute approximate surface area is 122 Å². The van der Waals surface area contributed by atoms with E-state index < -0.39 is 6.10 Å². The van der Waals surface area contributed by atoms with Crippen LogP contribution >= 0.6 is 11.6 Å². The number of hydrogen-bond acceptors (Lipinski definition) is 3. The maximum Gasteiger partial charge on any atom is 0.329 e. The summed E-state index contributed by atoms with van der Waals surface area (Å²) in [5.41, 5.74) is 2.10. The number of hydrogen-bond donors (Lipinski definition) is 1. The van der Waals surface area contributed by atoms with Crippen molar-refractivity contribution in [3.63, 3.8) is 0 Å². The van der Waals surface area contributed by atoms with Gasteiger partial charge >= 0.3 is 5.69 Å². The Morgan fingerprint density at radius 3 is 2.30 bits per heavy atom. The maximum absolute atomic E-state index is 12.3. The molecule has 0 amide bonds. The second kappa shape index (κ2) is 5.99. The quantitative estimate of drug-likeness (QED) is 0.920. The molecular weight excluding hydrogens is 280 g/mol. The van der Waals surface area contributed by atoms with Crippen LogP contribution in [0.2, 0.25) is 5.02 Å².